The number of nitrogens with zero attached hydrogens (tertiary/aromatic N) is 1. The molecule has 0 radical (unpaired) electrons. The molecule has 0 saturated heterocycles. The topological polar surface area (TPSA) is 33.1 Å². The van der Waals surface area contributed by atoms with Crippen molar-refractivity contribution < 1.29 is 5.11 Å². The summed E-state index contributed by atoms with van der Waals surface area (Å²) in [5.74, 6) is 6.43. The molecular formula is C13H10ClNOS2. The van der Waals surface area contributed by atoms with E-state index in [-0.39, 0.29) is 6.61 Å². The number of halogens is 1. The second-order valence-corrected chi connectivity index (χ2v) is 5.75. The number of aromatic nitrogens is 1. The van der Waals surface area contributed by atoms with Crippen molar-refractivity contribution in [1.29, 1.82) is 0 Å². The maximum absolute atomic E-state index is 8.69. The van der Waals surface area contributed by atoms with E-state index < -0.39 is 0 Å². The standard InChI is InChI=1S/C13H10ClNOS2/c14-11-3-4-13(15-8-11)18-9-12-10(2-1-6-16)5-7-17-12/h3-5,7-8,16H,6,9H2. The van der Waals surface area contributed by atoms with Gasteiger partial charge in [-0.1, -0.05) is 23.4 Å². The zero-order chi connectivity index (χ0) is 12.8. The summed E-state index contributed by atoms with van der Waals surface area (Å²) in [6, 6.07) is 5.70. The smallest absolute Gasteiger partial charge is 0.104 e. The molecule has 0 aliphatic heterocycles. The fourth-order valence-corrected chi connectivity index (χ4v) is 3.19. The third-order valence-electron chi connectivity index (χ3n) is 2.10. The van der Waals surface area contributed by atoms with Crippen LogP contribution in [0.25, 0.3) is 0 Å². The maximum atomic E-state index is 8.69. The number of thioether (sulfide) groups is 1. The predicted molar refractivity (Wildman–Crippen MR) is 77.1 cm³/mol. The Morgan fingerprint density at radius 2 is 2.28 bits per heavy atom. The lowest BCUT2D eigenvalue weighted by atomic mass is 10.3. The third-order valence-corrected chi connectivity index (χ3v) is 4.40. The van der Waals surface area contributed by atoms with E-state index in [0.717, 1.165) is 16.3 Å². The average Bonchev–Trinajstić information content (AvgIpc) is 2.83. The highest BCUT2D eigenvalue weighted by Crippen LogP contribution is 2.26. The van der Waals surface area contributed by atoms with E-state index in [4.69, 9.17) is 16.7 Å². The summed E-state index contributed by atoms with van der Waals surface area (Å²) in [6.45, 7) is -0.110. The highest BCUT2D eigenvalue weighted by molar-refractivity contribution is 7.98. The third kappa shape index (κ3) is 3.76. The van der Waals surface area contributed by atoms with Crippen molar-refractivity contribution in [3.05, 3.63) is 45.2 Å². The number of thiophene rings is 1. The molecule has 0 aliphatic carbocycles. The van der Waals surface area contributed by atoms with Gasteiger partial charge in [-0.2, -0.15) is 0 Å². The van der Waals surface area contributed by atoms with Crippen molar-refractivity contribution in [2.75, 3.05) is 6.61 Å². The van der Waals surface area contributed by atoms with Gasteiger partial charge in [0.25, 0.3) is 0 Å². The second kappa shape index (κ2) is 6.81. The zero-order valence-corrected chi connectivity index (χ0v) is 11.8. The van der Waals surface area contributed by atoms with Crippen LogP contribution in [0.2, 0.25) is 5.02 Å². The molecule has 0 atom stereocenters. The first-order valence-corrected chi connectivity index (χ1v) is 7.44. The number of rotatable bonds is 3. The molecule has 2 rings (SSSR count). The summed E-state index contributed by atoms with van der Waals surface area (Å²) < 4.78 is 0. The van der Waals surface area contributed by atoms with Crippen LogP contribution in [0.5, 0.6) is 0 Å². The average molecular weight is 296 g/mol. The second-order valence-electron chi connectivity index (χ2n) is 3.32. The normalized spacial score (nSPS) is 9.89. The summed E-state index contributed by atoms with van der Waals surface area (Å²) in [5.41, 5.74) is 0.982. The van der Waals surface area contributed by atoms with Crippen LogP contribution in [-0.2, 0) is 5.75 Å². The predicted octanol–water partition coefficient (Wildman–Crippen LogP) is 3.43. The molecule has 5 heteroatoms. The van der Waals surface area contributed by atoms with Gasteiger partial charge in [0.1, 0.15) is 6.61 Å². The van der Waals surface area contributed by atoms with Crippen LogP contribution in [0, 0.1) is 11.8 Å². The van der Waals surface area contributed by atoms with Gasteiger partial charge in [0.05, 0.1) is 10.0 Å². The van der Waals surface area contributed by atoms with Gasteiger partial charge in [-0.15, -0.1) is 23.1 Å². The van der Waals surface area contributed by atoms with E-state index in [0.29, 0.717) is 5.02 Å². The monoisotopic (exact) mass is 295 g/mol. The largest absolute Gasteiger partial charge is 0.384 e. The Morgan fingerprint density at radius 1 is 1.39 bits per heavy atom. The van der Waals surface area contributed by atoms with Gasteiger partial charge in [-0.05, 0) is 23.6 Å². The molecule has 18 heavy (non-hydrogen) atoms. The molecule has 2 heterocycles. The van der Waals surface area contributed by atoms with Gasteiger partial charge in [0.15, 0.2) is 0 Å². The molecule has 0 saturated carbocycles. The molecule has 92 valence electrons. The molecular weight excluding hydrogens is 286 g/mol. The Balaban J connectivity index is 2.02. The molecule has 2 aromatic rings. The maximum Gasteiger partial charge on any atom is 0.104 e. The summed E-state index contributed by atoms with van der Waals surface area (Å²) in [6.07, 6.45) is 1.64. The fraction of sp³-hybridized carbons (Fsp3) is 0.154. The summed E-state index contributed by atoms with van der Waals surface area (Å²) >= 11 is 9.09. The Kier molecular flexibility index (Phi) is 5.09. The van der Waals surface area contributed by atoms with Crippen molar-refractivity contribution in [2.45, 2.75) is 10.8 Å². The van der Waals surface area contributed by atoms with Gasteiger partial charge < -0.3 is 5.11 Å². The van der Waals surface area contributed by atoms with Crippen molar-refractivity contribution in [3.63, 3.8) is 0 Å². The van der Waals surface area contributed by atoms with E-state index >= 15 is 0 Å². The van der Waals surface area contributed by atoms with Crippen LogP contribution < -0.4 is 0 Å². The van der Waals surface area contributed by atoms with E-state index in [1.54, 1.807) is 29.3 Å². The van der Waals surface area contributed by atoms with E-state index in [1.165, 1.54) is 4.88 Å². The molecule has 0 aromatic carbocycles. The Bertz CT molecular complexity index is 569. The van der Waals surface area contributed by atoms with E-state index in [2.05, 4.69) is 16.8 Å². The number of aliphatic hydroxyl groups excluding tert-OH is 1. The highest BCUT2D eigenvalue weighted by atomic mass is 35.5. The molecule has 0 bridgehead atoms. The van der Waals surface area contributed by atoms with Gasteiger partial charge in [-0.3, -0.25) is 0 Å². The Morgan fingerprint density at radius 3 is 3.00 bits per heavy atom. The van der Waals surface area contributed by atoms with Crippen LogP contribution in [-0.4, -0.2) is 16.7 Å². The highest BCUT2D eigenvalue weighted by Gasteiger charge is 2.03. The number of pyridine rings is 1. The molecule has 0 unspecified atom stereocenters. The Labute approximate surface area is 119 Å². The van der Waals surface area contributed by atoms with Crippen molar-refractivity contribution in [1.82, 2.24) is 4.98 Å². The summed E-state index contributed by atoms with van der Waals surface area (Å²) in [5, 5.41) is 12.3. The van der Waals surface area contributed by atoms with Crippen molar-refractivity contribution in [2.24, 2.45) is 0 Å². The van der Waals surface area contributed by atoms with Gasteiger partial charge in [0.2, 0.25) is 0 Å². The first kappa shape index (κ1) is 13.4. The van der Waals surface area contributed by atoms with Crippen LogP contribution in [0.4, 0.5) is 0 Å². The van der Waals surface area contributed by atoms with E-state index in [9.17, 15) is 0 Å². The first-order chi connectivity index (χ1) is 8.79. The number of aliphatic hydroxyl groups is 1. The minimum absolute atomic E-state index is 0.110. The summed E-state index contributed by atoms with van der Waals surface area (Å²) in [4.78, 5) is 5.42. The zero-order valence-electron chi connectivity index (χ0n) is 9.39. The SMILES string of the molecule is OCC#Cc1ccsc1CSc1ccc(Cl)cn1. The lowest BCUT2D eigenvalue weighted by Crippen LogP contribution is -1.83. The van der Waals surface area contributed by atoms with Crippen LogP contribution in [0.1, 0.15) is 10.4 Å². The van der Waals surface area contributed by atoms with Crippen LogP contribution in [0.3, 0.4) is 0 Å². The minimum atomic E-state index is -0.110. The van der Waals surface area contributed by atoms with Crippen molar-refractivity contribution >= 4 is 34.7 Å². The first-order valence-electron chi connectivity index (χ1n) is 5.20. The molecule has 0 spiro atoms. The van der Waals surface area contributed by atoms with Crippen molar-refractivity contribution in [3.8, 4) is 11.8 Å². The quantitative estimate of drug-likeness (QED) is 0.696. The summed E-state index contributed by atoms with van der Waals surface area (Å²) in [7, 11) is 0. The van der Waals surface area contributed by atoms with E-state index in [1.807, 2.05) is 23.6 Å². The number of hydrogen-bond donors (Lipinski definition) is 1. The minimum Gasteiger partial charge on any atom is -0.384 e. The lowest BCUT2D eigenvalue weighted by molar-refractivity contribution is 0.350. The molecule has 2 aromatic heterocycles. The Hall–Kier alpha value is -0.990. The molecule has 1 N–H and O–H groups in total. The molecule has 0 aliphatic rings. The molecule has 2 nitrogen and oxygen atoms in total. The number of hydrogen-bond acceptors (Lipinski definition) is 4. The van der Waals surface area contributed by atoms with Gasteiger partial charge >= 0.3 is 0 Å². The van der Waals surface area contributed by atoms with Crippen LogP contribution >= 0.6 is 34.7 Å². The van der Waals surface area contributed by atoms with Gasteiger partial charge in [0, 0.05) is 22.4 Å². The van der Waals surface area contributed by atoms with Gasteiger partial charge in [-0.25, -0.2) is 4.98 Å². The fourth-order valence-electron chi connectivity index (χ4n) is 1.29. The molecule has 0 fully saturated rings. The lowest BCUT2D eigenvalue weighted by Gasteiger charge is -1.99. The molecule has 0 amide bonds. The van der Waals surface area contributed by atoms with Crippen LogP contribution in [0.15, 0.2) is 34.8 Å².